The highest BCUT2D eigenvalue weighted by Gasteiger charge is 2.37. The van der Waals surface area contributed by atoms with Crippen LogP contribution in [0.15, 0.2) is 24.3 Å². The molecule has 1 aliphatic heterocycles. The lowest BCUT2D eigenvalue weighted by Crippen LogP contribution is -2.57. The molecule has 19 heavy (non-hydrogen) atoms. The molecule has 3 heteroatoms. The van der Waals surface area contributed by atoms with E-state index in [1.807, 2.05) is 12.1 Å². The fourth-order valence-corrected chi connectivity index (χ4v) is 3.17. The van der Waals surface area contributed by atoms with Gasteiger partial charge in [-0.15, -0.1) is 0 Å². The molecule has 106 valence electrons. The molecule has 0 saturated carbocycles. The fraction of sp³-hybridized carbons (Fsp3) is 0.625. The highest BCUT2D eigenvalue weighted by molar-refractivity contribution is 6.30. The largest absolute Gasteiger partial charge is 0.326 e. The monoisotopic (exact) mass is 280 g/mol. The summed E-state index contributed by atoms with van der Waals surface area (Å²) in [6.07, 6.45) is 4.63. The lowest BCUT2D eigenvalue weighted by Gasteiger charge is -2.43. The maximum atomic E-state index is 6.54. The molecule has 0 amide bonds. The van der Waals surface area contributed by atoms with Gasteiger partial charge in [0.25, 0.3) is 0 Å². The molecule has 0 aromatic heterocycles. The number of hydrogen-bond acceptors (Lipinski definition) is 2. The van der Waals surface area contributed by atoms with Crippen molar-refractivity contribution >= 4 is 11.6 Å². The van der Waals surface area contributed by atoms with Crippen LogP contribution in [0.5, 0.6) is 0 Å². The van der Waals surface area contributed by atoms with E-state index in [-0.39, 0.29) is 11.6 Å². The van der Waals surface area contributed by atoms with E-state index in [2.05, 4.69) is 30.9 Å². The molecular weight excluding hydrogens is 256 g/mol. The van der Waals surface area contributed by atoms with Gasteiger partial charge in [-0.3, -0.25) is 4.90 Å². The van der Waals surface area contributed by atoms with Gasteiger partial charge in [0.2, 0.25) is 0 Å². The quantitative estimate of drug-likeness (QED) is 0.895. The third-order valence-corrected chi connectivity index (χ3v) is 4.96. The number of likely N-dealkylation sites (tertiary alicyclic amines) is 1. The summed E-state index contributed by atoms with van der Waals surface area (Å²) < 4.78 is 0. The highest BCUT2D eigenvalue weighted by atomic mass is 35.5. The first kappa shape index (κ1) is 14.8. The standard InChI is InChI=1S/C16H25ClN2/c1-3-16(2,19-10-4-5-11-19)15(18)12-13-6-8-14(17)9-7-13/h6-9,15H,3-5,10-12,18H2,1-2H3. The summed E-state index contributed by atoms with van der Waals surface area (Å²) in [6, 6.07) is 8.23. The third-order valence-electron chi connectivity index (χ3n) is 4.71. The second kappa shape index (κ2) is 6.25. The van der Waals surface area contributed by atoms with Crippen LogP contribution in [0.1, 0.15) is 38.7 Å². The lowest BCUT2D eigenvalue weighted by molar-refractivity contribution is 0.0999. The first-order valence-electron chi connectivity index (χ1n) is 7.31. The summed E-state index contributed by atoms with van der Waals surface area (Å²) >= 11 is 5.93. The molecule has 0 bridgehead atoms. The molecule has 0 aliphatic carbocycles. The Morgan fingerprint density at radius 2 is 1.84 bits per heavy atom. The van der Waals surface area contributed by atoms with Crippen molar-refractivity contribution in [2.75, 3.05) is 13.1 Å². The molecular formula is C16H25ClN2. The van der Waals surface area contributed by atoms with E-state index in [9.17, 15) is 0 Å². The van der Waals surface area contributed by atoms with Gasteiger partial charge in [0.1, 0.15) is 0 Å². The van der Waals surface area contributed by atoms with Gasteiger partial charge in [-0.05, 0) is 63.4 Å². The van der Waals surface area contributed by atoms with Crippen LogP contribution < -0.4 is 5.73 Å². The van der Waals surface area contributed by atoms with E-state index in [0.717, 1.165) is 17.9 Å². The van der Waals surface area contributed by atoms with Crippen LogP contribution in [0.2, 0.25) is 5.02 Å². The third kappa shape index (κ3) is 3.31. The first-order chi connectivity index (χ1) is 9.06. The van der Waals surface area contributed by atoms with Gasteiger partial charge >= 0.3 is 0 Å². The first-order valence-corrected chi connectivity index (χ1v) is 7.69. The minimum absolute atomic E-state index is 0.107. The van der Waals surface area contributed by atoms with Crippen molar-refractivity contribution in [3.05, 3.63) is 34.9 Å². The molecule has 1 aromatic rings. The van der Waals surface area contributed by atoms with Gasteiger partial charge in [0.05, 0.1) is 0 Å². The average Bonchev–Trinajstić information content (AvgIpc) is 2.95. The molecule has 2 rings (SSSR count). The topological polar surface area (TPSA) is 29.3 Å². The molecule has 2 N–H and O–H groups in total. The molecule has 2 nitrogen and oxygen atoms in total. The minimum Gasteiger partial charge on any atom is -0.326 e. The van der Waals surface area contributed by atoms with Crippen molar-refractivity contribution in [3.8, 4) is 0 Å². The zero-order chi connectivity index (χ0) is 13.9. The number of nitrogens with two attached hydrogens (primary N) is 1. The van der Waals surface area contributed by atoms with Crippen LogP contribution in [0.25, 0.3) is 0 Å². The molecule has 1 aliphatic rings. The number of rotatable bonds is 5. The van der Waals surface area contributed by atoms with Crippen molar-refractivity contribution in [3.63, 3.8) is 0 Å². The second-order valence-electron chi connectivity index (χ2n) is 5.84. The van der Waals surface area contributed by atoms with E-state index in [0.29, 0.717) is 0 Å². The van der Waals surface area contributed by atoms with E-state index in [1.165, 1.54) is 31.5 Å². The van der Waals surface area contributed by atoms with Crippen LogP contribution in [0, 0.1) is 0 Å². The fourth-order valence-electron chi connectivity index (χ4n) is 3.04. The summed E-state index contributed by atoms with van der Waals surface area (Å²) in [5.41, 5.74) is 7.92. The highest BCUT2D eigenvalue weighted by Crippen LogP contribution is 2.28. The van der Waals surface area contributed by atoms with Crippen molar-refractivity contribution in [2.24, 2.45) is 5.73 Å². The molecule has 0 spiro atoms. The van der Waals surface area contributed by atoms with Crippen molar-refractivity contribution in [1.29, 1.82) is 0 Å². The van der Waals surface area contributed by atoms with Gasteiger partial charge in [-0.2, -0.15) is 0 Å². The van der Waals surface area contributed by atoms with Gasteiger partial charge < -0.3 is 5.73 Å². The molecule has 1 aromatic carbocycles. The van der Waals surface area contributed by atoms with E-state index < -0.39 is 0 Å². The Kier molecular flexibility index (Phi) is 4.88. The number of benzene rings is 1. The molecule has 1 heterocycles. The summed E-state index contributed by atoms with van der Waals surface area (Å²) in [7, 11) is 0. The summed E-state index contributed by atoms with van der Waals surface area (Å²) in [5.74, 6) is 0. The van der Waals surface area contributed by atoms with Gasteiger partial charge in [0, 0.05) is 16.6 Å². The molecule has 1 fully saturated rings. The Labute approximate surface area is 121 Å². The van der Waals surface area contributed by atoms with Crippen LogP contribution in [0.4, 0.5) is 0 Å². The number of nitrogens with zero attached hydrogens (tertiary/aromatic N) is 1. The zero-order valence-electron chi connectivity index (χ0n) is 12.0. The van der Waals surface area contributed by atoms with E-state index in [4.69, 9.17) is 17.3 Å². The van der Waals surface area contributed by atoms with E-state index >= 15 is 0 Å². The second-order valence-corrected chi connectivity index (χ2v) is 6.28. The van der Waals surface area contributed by atoms with Crippen molar-refractivity contribution < 1.29 is 0 Å². The Morgan fingerprint density at radius 3 is 2.37 bits per heavy atom. The molecule has 2 unspecified atom stereocenters. The Hall–Kier alpha value is -0.570. The lowest BCUT2D eigenvalue weighted by atomic mass is 9.84. The maximum absolute atomic E-state index is 6.54. The van der Waals surface area contributed by atoms with Crippen LogP contribution in [-0.2, 0) is 6.42 Å². The maximum Gasteiger partial charge on any atom is 0.0406 e. The summed E-state index contributed by atoms with van der Waals surface area (Å²) in [5, 5.41) is 0.787. The minimum atomic E-state index is 0.107. The van der Waals surface area contributed by atoms with Crippen LogP contribution in [0.3, 0.4) is 0 Å². The SMILES string of the molecule is CCC(C)(C(N)Cc1ccc(Cl)cc1)N1CCCC1. The Bertz CT molecular complexity index is 398. The van der Waals surface area contributed by atoms with Gasteiger partial charge in [-0.1, -0.05) is 30.7 Å². The molecule has 0 radical (unpaired) electrons. The van der Waals surface area contributed by atoms with E-state index in [1.54, 1.807) is 0 Å². The van der Waals surface area contributed by atoms with Crippen LogP contribution >= 0.6 is 11.6 Å². The van der Waals surface area contributed by atoms with Crippen LogP contribution in [-0.4, -0.2) is 29.6 Å². The smallest absolute Gasteiger partial charge is 0.0406 e. The number of halogens is 1. The van der Waals surface area contributed by atoms with Gasteiger partial charge in [-0.25, -0.2) is 0 Å². The zero-order valence-corrected chi connectivity index (χ0v) is 12.8. The summed E-state index contributed by atoms with van der Waals surface area (Å²) in [6.45, 7) is 6.95. The summed E-state index contributed by atoms with van der Waals surface area (Å²) in [4.78, 5) is 2.58. The van der Waals surface area contributed by atoms with Gasteiger partial charge in [0.15, 0.2) is 0 Å². The Balaban J connectivity index is 2.07. The normalized spacial score (nSPS) is 21.3. The van der Waals surface area contributed by atoms with Crippen molar-refractivity contribution in [1.82, 2.24) is 4.90 Å². The molecule has 1 saturated heterocycles. The predicted octanol–water partition coefficient (Wildman–Crippen LogP) is 3.47. The molecule has 2 atom stereocenters. The Morgan fingerprint density at radius 1 is 1.26 bits per heavy atom. The van der Waals surface area contributed by atoms with Crippen molar-refractivity contribution in [2.45, 2.75) is 51.1 Å². The predicted molar refractivity (Wildman–Crippen MR) is 82.6 cm³/mol. The number of hydrogen-bond donors (Lipinski definition) is 1. The average molecular weight is 281 g/mol.